The Morgan fingerprint density at radius 1 is 1.12 bits per heavy atom. The fraction of sp³-hybridized carbons (Fsp3) is 0.300. The first kappa shape index (κ1) is 16.2. The smallest absolute Gasteiger partial charge is 0.227 e. The predicted octanol–water partition coefficient (Wildman–Crippen LogP) is 4.43. The number of carbonyl (C=O) groups is 1. The third-order valence-corrected chi connectivity index (χ3v) is 5.18. The first-order valence-electron chi connectivity index (χ1n) is 8.57. The van der Waals surface area contributed by atoms with E-state index in [0.29, 0.717) is 11.4 Å². The number of para-hydroxylation sites is 2. The molecule has 4 rings (SSSR count). The predicted molar refractivity (Wildman–Crippen MR) is 97.7 cm³/mol. The van der Waals surface area contributed by atoms with E-state index in [1.807, 2.05) is 53.4 Å². The number of rotatable bonds is 3. The van der Waals surface area contributed by atoms with Crippen molar-refractivity contribution in [2.45, 2.75) is 25.2 Å². The number of likely N-dealkylation sites (tertiary alicyclic amines) is 1. The molecule has 2 aromatic carbocycles. The molecule has 0 bridgehead atoms. The lowest BCUT2D eigenvalue weighted by Gasteiger charge is -2.30. The van der Waals surface area contributed by atoms with E-state index in [4.69, 9.17) is 16.0 Å². The summed E-state index contributed by atoms with van der Waals surface area (Å²) in [6, 6.07) is 15.3. The van der Waals surface area contributed by atoms with Gasteiger partial charge in [-0.3, -0.25) is 4.79 Å². The van der Waals surface area contributed by atoms with Crippen LogP contribution in [0.5, 0.6) is 0 Å². The summed E-state index contributed by atoms with van der Waals surface area (Å²) in [6.45, 7) is 1.46. The van der Waals surface area contributed by atoms with Crippen LogP contribution < -0.4 is 0 Å². The van der Waals surface area contributed by atoms with Crippen molar-refractivity contribution in [2.24, 2.45) is 0 Å². The van der Waals surface area contributed by atoms with Gasteiger partial charge in [0.2, 0.25) is 5.91 Å². The number of nitrogens with zero attached hydrogens (tertiary/aromatic N) is 2. The minimum atomic E-state index is 0.129. The molecule has 0 saturated carbocycles. The minimum absolute atomic E-state index is 0.129. The summed E-state index contributed by atoms with van der Waals surface area (Å²) in [5.41, 5.74) is 2.61. The van der Waals surface area contributed by atoms with Crippen LogP contribution in [0.15, 0.2) is 52.9 Å². The van der Waals surface area contributed by atoms with Crippen molar-refractivity contribution in [1.82, 2.24) is 9.88 Å². The molecule has 0 radical (unpaired) electrons. The second-order valence-corrected chi connectivity index (χ2v) is 6.85. The van der Waals surface area contributed by atoms with E-state index in [2.05, 4.69) is 4.98 Å². The maximum atomic E-state index is 12.5. The van der Waals surface area contributed by atoms with E-state index in [1.54, 1.807) is 0 Å². The first-order valence-corrected chi connectivity index (χ1v) is 8.95. The third-order valence-electron chi connectivity index (χ3n) is 4.81. The zero-order chi connectivity index (χ0) is 17.2. The van der Waals surface area contributed by atoms with Gasteiger partial charge < -0.3 is 9.32 Å². The molecular weight excluding hydrogens is 336 g/mol. The van der Waals surface area contributed by atoms with Crippen molar-refractivity contribution in [1.29, 1.82) is 0 Å². The highest BCUT2D eigenvalue weighted by atomic mass is 35.5. The fourth-order valence-electron chi connectivity index (χ4n) is 3.36. The van der Waals surface area contributed by atoms with E-state index < -0.39 is 0 Å². The van der Waals surface area contributed by atoms with Gasteiger partial charge in [0, 0.05) is 24.0 Å². The van der Waals surface area contributed by atoms with Gasteiger partial charge in [-0.2, -0.15) is 0 Å². The van der Waals surface area contributed by atoms with E-state index in [1.165, 1.54) is 0 Å². The van der Waals surface area contributed by atoms with E-state index in [-0.39, 0.29) is 11.8 Å². The third kappa shape index (κ3) is 3.40. The Hall–Kier alpha value is -2.33. The Bertz CT molecular complexity index is 864. The Kier molecular flexibility index (Phi) is 4.45. The maximum Gasteiger partial charge on any atom is 0.227 e. The molecule has 1 aliphatic rings. The second-order valence-electron chi connectivity index (χ2n) is 6.44. The summed E-state index contributed by atoms with van der Waals surface area (Å²) in [5, 5.41) is 0.650. The lowest BCUT2D eigenvalue weighted by molar-refractivity contribution is -0.131. The van der Waals surface area contributed by atoms with Crippen LogP contribution in [-0.2, 0) is 11.2 Å². The molecule has 0 N–H and O–H groups in total. The molecule has 0 aliphatic carbocycles. The van der Waals surface area contributed by atoms with Crippen molar-refractivity contribution in [3.63, 3.8) is 0 Å². The van der Waals surface area contributed by atoms with E-state index in [9.17, 15) is 4.79 Å². The van der Waals surface area contributed by atoms with Gasteiger partial charge in [0.1, 0.15) is 5.52 Å². The number of aromatic nitrogens is 1. The zero-order valence-electron chi connectivity index (χ0n) is 13.8. The molecule has 1 aromatic heterocycles. The number of hydrogen-bond donors (Lipinski definition) is 0. The largest absolute Gasteiger partial charge is 0.440 e. The topological polar surface area (TPSA) is 46.3 Å². The van der Waals surface area contributed by atoms with Crippen molar-refractivity contribution in [3.05, 3.63) is 65.0 Å². The molecule has 0 spiro atoms. The summed E-state index contributed by atoms with van der Waals surface area (Å²) in [4.78, 5) is 19.0. The first-order chi connectivity index (χ1) is 12.2. The molecule has 2 heterocycles. The Balaban J connectivity index is 1.39. The number of benzene rings is 2. The molecule has 1 fully saturated rings. The highest BCUT2D eigenvalue weighted by molar-refractivity contribution is 6.31. The van der Waals surface area contributed by atoms with Gasteiger partial charge in [-0.1, -0.05) is 41.9 Å². The molecule has 1 aliphatic heterocycles. The summed E-state index contributed by atoms with van der Waals surface area (Å²) in [7, 11) is 0. The molecule has 3 aromatic rings. The van der Waals surface area contributed by atoms with Crippen LogP contribution in [-0.4, -0.2) is 28.9 Å². The molecular formula is C20H19ClN2O2. The number of halogens is 1. The van der Waals surface area contributed by atoms with Gasteiger partial charge in [-0.05, 0) is 36.6 Å². The second kappa shape index (κ2) is 6.89. The quantitative estimate of drug-likeness (QED) is 0.699. The van der Waals surface area contributed by atoms with Gasteiger partial charge >= 0.3 is 0 Å². The molecule has 4 nitrogen and oxygen atoms in total. The minimum Gasteiger partial charge on any atom is -0.440 e. The number of piperidine rings is 1. The van der Waals surface area contributed by atoms with Crippen LogP contribution in [0.4, 0.5) is 0 Å². The zero-order valence-corrected chi connectivity index (χ0v) is 14.6. The fourth-order valence-corrected chi connectivity index (χ4v) is 3.56. The van der Waals surface area contributed by atoms with Crippen molar-refractivity contribution in [2.75, 3.05) is 13.1 Å². The van der Waals surface area contributed by atoms with Crippen LogP contribution in [0.25, 0.3) is 11.1 Å². The monoisotopic (exact) mass is 354 g/mol. The number of carbonyl (C=O) groups excluding carboxylic acids is 1. The average molecular weight is 355 g/mol. The van der Waals surface area contributed by atoms with Gasteiger partial charge in [-0.25, -0.2) is 4.98 Å². The van der Waals surface area contributed by atoms with Gasteiger partial charge in [0.15, 0.2) is 11.5 Å². The SMILES string of the molecule is O=C(Cc1ccccc1Cl)N1CCC(c2nc3ccccc3o2)CC1. The number of oxazole rings is 1. The van der Waals surface area contributed by atoms with Gasteiger partial charge in [0.25, 0.3) is 0 Å². The normalized spacial score (nSPS) is 15.6. The van der Waals surface area contributed by atoms with Gasteiger partial charge in [0.05, 0.1) is 6.42 Å². The van der Waals surface area contributed by atoms with Crippen LogP contribution in [0.2, 0.25) is 5.02 Å². The number of amides is 1. The average Bonchev–Trinajstić information content (AvgIpc) is 3.08. The standard InChI is InChI=1S/C20H19ClN2O2/c21-16-6-2-1-5-15(16)13-19(24)23-11-9-14(10-12-23)20-22-17-7-3-4-8-18(17)25-20/h1-8,14H,9-13H2. The van der Waals surface area contributed by atoms with Crippen LogP contribution in [0.1, 0.15) is 30.2 Å². The van der Waals surface area contributed by atoms with Crippen molar-refractivity contribution < 1.29 is 9.21 Å². The van der Waals surface area contributed by atoms with Crippen LogP contribution in [0.3, 0.4) is 0 Å². The van der Waals surface area contributed by atoms with Crippen LogP contribution >= 0.6 is 11.6 Å². The summed E-state index contributed by atoms with van der Waals surface area (Å²) in [6.07, 6.45) is 2.11. The molecule has 1 amide bonds. The molecule has 5 heteroatoms. The Labute approximate surface area is 151 Å². The van der Waals surface area contributed by atoms with Crippen LogP contribution in [0, 0.1) is 0 Å². The Morgan fingerprint density at radius 3 is 2.60 bits per heavy atom. The number of hydrogen-bond acceptors (Lipinski definition) is 3. The molecule has 0 unspecified atom stereocenters. The molecule has 128 valence electrons. The van der Waals surface area contributed by atoms with Gasteiger partial charge in [-0.15, -0.1) is 0 Å². The summed E-state index contributed by atoms with van der Waals surface area (Å²) < 4.78 is 5.88. The highest BCUT2D eigenvalue weighted by Gasteiger charge is 2.27. The van der Waals surface area contributed by atoms with Crippen molar-refractivity contribution in [3.8, 4) is 0 Å². The lowest BCUT2D eigenvalue weighted by atomic mass is 9.96. The summed E-state index contributed by atoms with van der Waals surface area (Å²) >= 11 is 6.16. The summed E-state index contributed by atoms with van der Waals surface area (Å²) in [5.74, 6) is 1.19. The van der Waals surface area contributed by atoms with E-state index in [0.717, 1.165) is 48.5 Å². The van der Waals surface area contributed by atoms with Crippen molar-refractivity contribution >= 4 is 28.6 Å². The number of fused-ring (bicyclic) bond motifs is 1. The lowest BCUT2D eigenvalue weighted by Crippen LogP contribution is -2.38. The maximum absolute atomic E-state index is 12.5. The van der Waals surface area contributed by atoms with E-state index >= 15 is 0 Å². The molecule has 0 atom stereocenters. The Morgan fingerprint density at radius 2 is 1.84 bits per heavy atom. The molecule has 1 saturated heterocycles. The molecule has 25 heavy (non-hydrogen) atoms. The highest BCUT2D eigenvalue weighted by Crippen LogP contribution is 2.30.